The van der Waals surface area contributed by atoms with Crippen LogP contribution in [-0.2, 0) is 11.0 Å². The van der Waals surface area contributed by atoms with Gasteiger partial charge in [-0.05, 0) is 26.2 Å². The third kappa shape index (κ3) is 3.19. The topological polar surface area (TPSA) is 66.6 Å². The molecule has 7 nitrogen and oxygen atoms in total. The zero-order valence-electron chi connectivity index (χ0n) is 14.3. The van der Waals surface area contributed by atoms with Crippen molar-refractivity contribution in [1.82, 2.24) is 24.5 Å². The van der Waals surface area contributed by atoms with Gasteiger partial charge in [-0.15, -0.1) is 5.10 Å². The first-order valence-electron chi connectivity index (χ1n) is 8.68. The summed E-state index contributed by atoms with van der Waals surface area (Å²) in [7, 11) is 0. The number of aryl methyl sites for hydroxylation is 1. The molecule has 4 rings (SSSR count). The molecule has 1 aliphatic carbocycles. The minimum atomic E-state index is -4.62. The highest BCUT2D eigenvalue weighted by molar-refractivity contribution is 5.81. The number of carbonyl (C=O) groups excluding carboxylic acids is 1. The molecule has 0 spiro atoms. The van der Waals surface area contributed by atoms with Gasteiger partial charge in [-0.25, -0.2) is 4.98 Å². The Hall–Kier alpha value is -2.39. The second-order valence-corrected chi connectivity index (χ2v) is 6.84. The molecule has 2 aromatic rings. The summed E-state index contributed by atoms with van der Waals surface area (Å²) in [5.41, 5.74) is 0.573. The van der Waals surface area contributed by atoms with Crippen LogP contribution in [0.15, 0.2) is 6.07 Å². The van der Waals surface area contributed by atoms with Gasteiger partial charge in [0.05, 0.1) is 0 Å². The van der Waals surface area contributed by atoms with E-state index in [1.807, 2.05) is 9.80 Å². The van der Waals surface area contributed by atoms with Crippen molar-refractivity contribution in [3.05, 3.63) is 17.6 Å². The van der Waals surface area contributed by atoms with Crippen LogP contribution in [-0.4, -0.2) is 56.6 Å². The molecular weight excluding hydrogens is 349 g/mol. The predicted molar refractivity (Wildman–Crippen MR) is 86.7 cm³/mol. The van der Waals surface area contributed by atoms with E-state index in [1.165, 1.54) is 0 Å². The van der Waals surface area contributed by atoms with E-state index in [0.29, 0.717) is 37.7 Å². The Morgan fingerprint density at radius 1 is 1.15 bits per heavy atom. The highest BCUT2D eigenvalue weighted by atomic mass is 19.4. The number of carbonyl (C=O) groups is 1. The van der Waals surface area contributed by atoms with Gasteiger partial charge >= 0.3 is 6.18 Å². The van der Waals surface area contributed by atoms with Gasteiger partial charge in [0.15, 0.2) is 0 Å². The molecule has 1 amide bonds. The number of alkyl halides is 3. The maximum atomic E-state index is 13.0. The lowest BCUT2D eigenvalue weighted by molar-refractivity contribution is -0.144. The Morgan fingerprint density at radius 3 is 2.62 bits per heavy atom. The Bertz CT molecular complexity index is 844. The highest BCUT2D eigenvalue weighted by Crippen LogP contribution is 2.32. The Balaban J connectivity index is 1.63. The standard InChI is InChI=1S/C16H19F3N6O/c1-10-9-12(25-15(20-10)21-14(22-25)16(17,18)19)23-5-2-6-24(8-7-23)13(26)11-3-4-11/h9,11H,2-8H2,1H3. The number of aromatic nitrogens is 4. The predicted octanol–water partition coefficient (Wildman–Crippen LogP) is 1.90. The van der Waals surface area contributed by atoms with Crippen molar-refractivity contribution in [1.29, 1.82) is 0 Å². The summed E-state index contributed by atoms with van der Waals surface area (Å²) in [6.45, 7) is 4.11. The van der Waals surface area contributed by atoms with Crippen LogP contribution in [0.2, 0.25) is 0 Å². The van der Waals surface area contributed by atoms with Crippen LogP contribution in [0.25, 0.3) is 5.78 Å². The molecule has 1 saturated carbocycles. The van der Waals surface area contributed by atoms with Crippen molar-refractivity contribution < 1.29 is 18.0 Å². The van der Waals surface area contributed by atoms with Gasteiger partial charge in [0.25, 0.3) is 11.6 Å². The monoisotopic (exact) mass is 368 g/mol. The molecule has 1 aliphatic heterocycles. The smallest absolute Gasteiger partial charge is 0.355 e. The number of fused-ring (bicyclic) bond motifs is 1. The normalized spacial score (nSPS) is 19.1. The first-order chi connectivity index (χ1) is 12.3. The van der Waals surface area contributed by atoms with Crippen molar-refractivity contribution in [2.24, 2.45) is 5.92 Å². The van der Waals surface area contributed by atoms with E-state index in [0.717, 1.165) is 23.8 Å². The molecule has 2 aliphatic rings. The number of nitrogens with zero attached hydrogens (tertiary/aromatic N) is 6. The van der Waals surface area contributed by atoms with E-state index in [1.54, 1.807) is 13.0 Å². The van der Waals surface area contributed by atoms with E-state index in [4.69, 9.17) is 0 Å². The molecule has 1 saturated heterocycles. The van der Waals surface area contributed by atoms with Crippen LogP contribution in [0.3, 0.4) is 0 Å². The van der Waals surface area contributed by atoms with Gasteiger partial charge in [-0.1, -0.05) is 0 Å². The minimum absolute atomic E-state index is 0.0671. The zero-order chi connectivity index (χ0) is 18.5. The molecular formula is C16H19F3N6O. The van der Waals surface area contributed by atoms with Gasteiger partial charge in [0.1, 0.15) is 5.82 Å². The van der Waals surface area contributed by atoms with Crippen molar-refractivity contribution in [2.75, 3.05) is 31.1 Å². The van der Waals surface area contributed by atoms with E-state index in [-0.39, 0.29) is 17.6 Å². The number of halogens is 3. The average Bonchev–Trinajstić information content (AvgIpc) is 3.36. The summed E-state index contributed by atoms with van der Waals surface area (Å²) in [6.07, 6.45) is -1.95. The van der Waals surface area contributed by atoms with Crippen LogP contribution < -0.4 is 4.90 Å². The fourth-order valence-corrected chi connectivity index (χ4v) is 3.27. The summed E-state index contributed by atoms with van der Waals surface area (Å²) in [5, 5.41) is 3.62. The summed E-state index contributed by atoms with van der Waals surface area (Å²) in [5.74, 6) is -0.375. The molecule has 0 N–H and O–H groups in total. The van der Waals surface area contributed by atoms with Gasteiger partial charge in [-0.2, -0.15) is 22.7 Å². The summed E-state index contributed by atoms with van der Waals surface area (Å²) >= 11 is 0. The van der Waals surface area contributed by atoms with Gasteiger partial charge in [0.2, 0.25) is 5.91 Å². The summed E-state index contributed by atoms with van der Waals surface area (Å²) in [4.78, 5) is 23.7. The van der Waals surface area contributed by atoms with Crippen LogP contribution in [0.5, 0.6) is 0 Å². The molecule has 2 aromatic heterocycles. The van der Waals surface area contributed by atoms with E-state index >= 15 is 0 Å². The molecule has 26 heavy (non-hydrogen) atoms. The number of hydrogen-bond donors (Lipinski definition) is 0. The third-order valence-corrected chi connectivity index (χ3v) is 4.73. The molecule has 10 heteroatoms. The van der Waals surface area contributed by atoms with Crippen molar-refractivity contribution in [3.63, 3.8) is 0 Å². The number of rotatable bonds is 2. The van der Waals surface area contributed by atoms with Gasteiger partial charge in [-0.3, -0.25) is 4.79 Å². The molecule has 3 heterocycles. The summed E-state index contributed by atoms with van der Waals surface area (Å²) < 4.78 is 40.0. The zero-order valence-corrected chi connectivity index (χ0v) is 14.3. The molecule has 0 unspecified atom stereocenters. The van der Waals surface area contributed by atoms with Gasteiger partial charge < -0.3 is 9.80 Å². The van der Waals surface area contributed by atoms with E-state index < -0.39 is 12.0 Å². The molecule has 0 radical (unpaired) electrons. The van der Waals surface area contributed by atoms with Gasteiger partial charge in [0, 0.05) is 43.9 Å². The van der Waals surface area contributed by atoms with Crippen LogP contribution in [0.1, 0.15) is 30.8 Å². The average molecular weight is 368 g/mol. The Kier molecular flexibility index (Phi) is 4.00. The first-order valence-corrected chi connectivity index (χ1v) is 8.68. The van der Waals surface area contributed by atoms with E-state index in [9.17, 15) is 18.0 Å². The number of anilines is 1. The lowest BCUT2D eigenvalue weighted by atomic mass is 10.3. The number of hydrogen-bond acceptors (Lipinski definition) is 5. The molecule has 0 atom stereocenters. The van der Waals surface area contributed by atoms with Crippen molar-refractivity contribution >= 4 is 17.5 Å². The Morgan fingerprint density at radius 2 is 1.92 bits per heavy atom. The molecule has 0 bridgehead atoms. The Labute approximate surface area is 147 Å². The SMILES string of the molecule is Cc1cc(N2CCCN(C(=O)C3CC3)CC2)n2nc(C(F)(F)F)nc2n1. The maximum absolute atomic E-state index is 13.0. The largest absolute Gasteiger partial charge is 0.453 e. The minimum Gasteiger partial charge on any atom is -0.355 e. The fraction of sp³-hybridized carbons (Fsp3) is 0.625. The van der Waals surface area contributed by atoms with Crippen LogP contribution in [0, 0.1) is 12.8 Å². The third-order valence-electron chi connectivity index (χ3n) is 4.73. The fourth-order valence-electron chi connectivity index (χ4n) is 3.27. The number of amides is 1. The molecule has 2 fully saturated rings. The maximum Gasteiger partial charge on any atom is 0.453 e. The lowest BCUT2D eigenvalue weighted by Crippen LogP contribution is -2.36. The lowest BCUT2D eigenvalue weighted by Gasteiger charge is -2.24. The molecule has 140 valence electrons. The molecule has 0 aromatic carbocycles. The second kappa shape index (κ2) is 6.10. The summed E-state index contributed by atoms with van der Waals surface area (Å²) in [6, 6.07) is 1.71. The second-order valence-electron chi connectivity index (χ2n) is 6.84. The van der Waals surface area contributed by atoms with E-state index in [2.05, 4.69) is 15.1 Å². The highest BCUT2D eigenvalue weighted by Gasteiger charge is 2.37. The first kappa shape index (κ1) is 17.0. The van der Waals surface area contributed by atoms with Crippen molar-refractivity contribution in [2.45, 2.75) is 32.4 Å². The van der Waals surface area contributed by atoms with Crippen LogP contribution in [0.4, 0.5) is 19.0 Å². The van der Waals surface area contributed by atoms with Crippen molar-refractivity contribution in [3.8, 4) is 0 Å². The quantitative estimate of drug-likeness (QED) is 0.810. The van der Waals surface area contributed by atoms with Crippen LogP contribution >= 0.6 is 0 Å².